The second-order valence-corrected chi connectivity index (χ2v) is 8.38. The average molecular weight is 279 g/mol. The van der Waals surface area contributed by atoms with Gasteiger partial charge in [-0.3, -0.25) is 4.79 Å². The van der Waals surface area contributed by atoms with E-state index in [4.69, 9.17) is 5.11 Å². The van der Waals surface area contributed by atoms with Gasteiger partial charge in [-0.05, 0) is 32.1 Å². The number of rotatable bonds is 7. The Bertz CT molecular complexity index is 379. The van der Waals surface area contributed by atoms with Crippen LogP contribution in [0.1, 0.15) is 53.9 Å². The maximum Gasteiger partial charge on any atom is 0.303 e. The third-order valence-corrected chi connectivity index (χ3v) is 3.90. The molecule has 0 spiro atoms. The number of hydrogen-bond acceptors (Lipinski definition) is 3. The van der Waals surface area contributed by atoms with Crippen LogP contribution in [0.2, 0.25) is 0 Å². The van der Waals surface area contributed by atoms with Crippen LogP contribution in [0, 0.1) is 5.41 Å². The predicted molar refractivity (Wildman–Crippen MR) is 71.9 cm³/mol. The van der Waals surface area contributed by atoms with Gasteiger partial charge >= 0.3 is 5.97 Å². The summed E-state index contributed by atoms with van der Waals surface area (Å²) in [5.74, 6) is -1.12. The molecule has 0 atom stereocenters. The topological polar surface area (TPSA) is 83.5 Å². The molecule has 0 unspecified atom stereocenters. The van der Waals surface area contributed by atoms with E-state index >= 15 is 0 Å². The maximum atomic E-state index is 11.8. The van der Waals surface area contributed by atoms with Gasteiger partial charge in [0, 0.05) is 12.0 Å². The van der Waals surface area contributed by atoms with Crippen LogP contribution in [0.5, 0.6) is 0 Å². The van der Waals surface area contributed by atoms with Gasteiger partial charge in [-0.1, -0.05) is 20.8 Å². The minimum Gasteiger partial charge on any atom is -0.481 e. The molecule has 0 aromatic rings. The number of sulfonamides is 1. The van der Waals surface area contributed by atoms with Crippen molar-refractivity contribution in [3.63, 3.8) is 0 Å². The number of aliphatic carboxylic acids is 1. The van der Waals surface area contributed by atoms with E-state index in [0.29, 0.717) is 6.42 Å². The highest BCUT2D eigenvalue weighted by Crippen LogP contribution is 2.27. The van der Waals surface area contributed by atoms with Gasteiger partial charge in [0.2, 0.25) is 10.0 Å². The van der Waals surface area contributed by atoms with Crippen LogP contribution in [0.4, 0.5) is 0 Å². The molecule has 0 heterocycles. The Balaban J connectivity index is 4.43. The van der Waals surface area contributed by atoms with E-state index in [1.54, 1.807) is 0 Å². The highest BCUT2D eigenvalue weighted by atomic mass is 32.2. The second-order valence-electron chi connectivity index (χ2n) is 6.54. The van der Waals surface area contributed by atoms with E-state index in [9.17, 15) is 13.2 Å². The predicted octanol–water partition coefficient (Wildman–Crippen LogP) is 1.99. The smallest absolute Gasteiger partial charge is 0.303 e. The number of carbonyl (C=O) groups is 1. The number of hydrogen-bond donors (Lipinski definition) is 2. The summed E-state index contributed by atoms with van der Waals surface area (Å²) >= 11 is 0. The van der Waals surface area contributed by atoms with Gasteiger partial charge in [0.1, 0.15) is 0 Å². The number of carboxylic acids is 1. The zero-order valence-corrected chi connectivity index (χ0v) is 12.7. The first-order valence-electron chi connectivity index (χ1n) is 6.06. The molecule has 18 heavy (non-hydrogen) atoms. The largest absolute Gasteiger partial charge is 0.481 e. The molecule has 0 amide bonds. The van der Waals surface area contributed by atoms with Crippen molar-refractivity contribution in [2.24, 2.45) is 5.41 Å². The van der Waals surface area contributed by atoms with Crippen LogP contribution in [-0.2, 0) is 14.8 Å². The summed E-state index contributed by atoms with van der Waals surface area (Å²) < 4.78 is 26.3. The molecular formula is C12H25NO4S. The fourth-order valence-corrected chi connectivity index (χ4v) is 3.79. The lowest BCUT2D eigenvalue weighted by molar-refractivity contribution is -0.137. The van der Waals surface area contributed by atoms with Gasteiger partial charge in [0.15, 0.2) is 0 Å². The Morgan fingerprint density at radius 1 is 1.17 bits per heavy atom. The van der Waals surface area contributed by atoms with E-state index in [2.05, 4.69) is 4.72 Å². The Labute approximate surface area is 110 Å². The molecule has 0 aliphatic carbocycles. The lowest BCUT2D eigenvalue weighted by Crippen LogP contribution is -2.46. The minimum absolute atomic E-state index is 0.0209. The van der Waals surface area contributed by atoms with E-state index < -0.39 is 21.5 Å². The first-order chi connectivity index (χ1) is 7.83. The fourth-order valence-electron chi connectivity index (χ4n) is 2.25. The zero-order valence-electron chi connectivity index (χ0n) is 11.9. The van der Waals surface area contributed by atoms with Gasteiger partial charge in [0.05, 0.1) is 5.75 Å². The first kappa shape index (κ1) is 17.4. The van der Waals surface area contributed by atoms with Crippen LogP contribution in [-0.4, -0.2) is 30.8 Å². The molecule has 6 heteroatoms. The fraction of sp³-hybridized carbons (Fsp3) is 0.917. The summed E-state index contributed by atoms with van der Waals surface area (Å²) in [6.07, 6.45) is 0.717. The van der Waals surface area contributed by atoms with Crippen molar-refractivity contribution in [1.29, 1.82) is 0 Å². The van der Waals surface area contributed by atoms with Crippen LogP contribution in [0.3, 0.4) is 0 Å². The quantitative estimate of drug-likeness (QED) is 0.746. The SMILES string of the molecule is CC(C)(C)CC(C)(C)NS(=O)(=O)CCCC(=O)O. The maximum absolute atomic E-state index is 11.8. The molecule has 0 bridgehead atoms. The van der Waals surface area contributed by atoms with Crippen LogP contribution >= 0.6 is 0 Å². The van der Waals surface area contributed by atoms with Crippen LogP contribution in [0.15, 0.2) is 0 Å². The Morgan fingerprint density at radius 2 is 1.67 bits per heavy atom. The van der Waals surface area contributed by atoms with Crippen molar-refractivity contribution < 1.29 is 18.3 Å². The molecule has 5 nitrogen and oxygen atoms in total. The molecule has 0 rings (SSSR count). The summed E-state index contributed by atoms with van der Waals surface area (Å²) in [7, 11) is -3.42. The summed E-state index contributed by atoms with van der Waals surface area (Å²) in [5.41, 5.74) is -0.507. The first-order valence-corrected chi connectivity index (χ1v) is 7.72. The highest BCUT2D eigenvalue weighted by Gasteiger charge is 2.29. The second kappa shape index (κ2) is 6.02. The van der Waals surface area contributed by atoms with E-state index in [1.807, 2.05) is 34.6 Å². The van der Waals surface area contributed by atoms with Crippen LogP contribution < -0.4 is 4.72 Å². The van der Waals surface area contributed by atoms with Gasteiger partial charge in [-0.25, -0.2) is 13.1 Å². The molecule has 2 N–H and O–H groups in total. The third-order valence-electron chi connectivity index (χ3n) is 2.21. The lowest BCUT2D eigenvalue weighted by Gasteiger charge is -2.32. The van der Waals surface area contributed by atoms with Crippen LogP contribution in [0.25, 0.3) is 0 Å². The molecule has 108 valence electrons. The molecule has 0 saturated heterocycles. The van der Waals surface area contributed by atoms with Crippen molar-refractivity contribution in [3.05, 3.63) is 0 Å². The number of nitrogens with one attached hydrogen (secondary N) is 1. The number of carboxylic acid groups (broad SMARTS) is 1. The van der Waals surface area contributed by atoms with Crippen molar-refractivity contribution >= 4 is 16.0 Å². The minimum atomic E-state index is -3.42. The molecule has 0 aromatic carbocycles. The van der Waals surface area contributed by atoms with E-state index in [0.717, 1.165) is 0 Å². The Hall–Kier alpha value is -0.620. The van der Waals surface area contributed by atoms with Crippen molar-refractivity contribution in [1.82, 2.24) is 4.72 Å². The standard InChI is InChI=1S/C12H25NO4S/c1-11(2,3)9-12(4,5)13-18(16,17)8-6-7-10(14)15/h13H,6-9H2,1-5H3,(H,14,15). The third kappa shape index (κ3) is 9.41. The summed E-state index contributed by atoms with van der Waals surface area (Å²) in [5, 5.41) is 8.48. The average Bonchev–Trinajstić information content (AvgIpc) is 1.93. The molecule has 0 aromatic heterocycles. The van der Waals surface area contributed by atoms with E-state index in [1.165, 1.54) is 0 Å². The van der Waals surface area contributed by atoms with Gasteiger partial charge < -0.3 is 5.11 Å². The van der Waals surface area contributed by atoms with Gasteiger partial charge in [-0.15, -0.1) is 0 Å². The molecule has 0 saturated carbocycles. The van der Waals surface area contributed by atoms with Crippen molar-refractivity contribution in [2.45, 2.75) is 59.4 Å². The van der Waals surface area contributed by atoms with Gasteiger partial charge in [0.25, 0.3) is 0 Å². The molecule has 0 aliphatic rings. The summed E-state index contributed by atoms with van der Waals surface area (Å²) in [4.78, 5) is 10.3. The Kier molecular flexibility index (Phi) is 5.81. The molecule has 0 fully saturated rings. The van der Waals surface area contributed by atoms with Crippen molar-refractivity contribution in [3.8, 4) is 0 Å². The lowest BCUT2D eigenvalue weighted by atomic mass is 9.82. The summed E-state index contributed by atoms with van der Waals surface area (Å²) in [6, 6.07) is 0. The Morgan fingerprint density at radius 3 is 2.06 bits per heavy atom. The normalized spacial score (nSPS) is 13.6. The van der Waals surface area contributed by atoms with Gasteiger partial charge in [-0.2, -0.15) is 0 Å². The highest BCUT2D eigenvalue weighted by molar-refractivity contribution is 7.89. The zero-order chi connectivity index (χ0) is 14.6. The van der Waals surface area contributed by atoms with E-state index in [-0.39, 0.29) is 24.0 Å². The molecular weight excluding hydrogens is 254 g/mol. The molecule has 0 radical (unpaired) electrons. The summed E-state index contributed by atoms with van der Waals surface area (Å²) in [6.45, 7) is 9.83. The monoisotopic (exact) mass is 279 g/mol. The molecule has 0 aliphatic heterocycles. The van der Waals surface area contributed by atoms with Crippen molar-refractivity contribution in [2.75, 3.05) is 5.75 Å².